The summed E-state index contributed by atoms with van der Waals surface area (Å²) >= 11 is 0. The molecule has 0 spiro atoms. The summed E-state index contributed by atoms with van der Waals surface area (Å²) < 4.78 is 5.45. The van der Waals surface area contributed by atoms with Crippen LogP contribution < -0.4 is 10.6 Å². The fourth-order valence-electron chi connectivity index (χ4n) is 3.79. The van der Waals surface area contributed by atoms with E-state index in [1.807, 2.05) is 60.7 Å². The van der Waals surface area contributed by atoms with E-state index in [1.165, 1.54) is 0 Å². The molecule has 0 saturated heterocycles. The van der Waals surface area contributed by atoms with Crippen LogP contribution in [0.2, 0.25) is 0 Å². The first-order valence-electron chi connectivity index (χ1n) is 9.13. The first-order valence-corrected chi connectivity index (χ1v) is 9.13. The Morgan fingerprint density at radius 2 is 1.33 bits per heavy atom. The predicted octanol–water partition coefficient (Wildman–Crippen LogP) is 3.58. The molecule has 1 aliphatic carbocycles. The summed E-state index contributed by atoms with van der Waals surface area (Å²) in [6.45, 7) is 5.40. The minimum atomic E-state index is -1.08. The average molecular weight is 366 g/mol. The maximum atomic E-state index is 13.0. The SMILES string of the molecule is CNC(=O)C1(NC(=O)OC(C)(C)C)[C@H](c2ccccc2)[C@H]1c1ccccc1. The van der Waals surface area contributed by atoms with Crippen LogP contribution in [0.3, 0.4) is 0 Å². The van der Waals surface area contributed by atoms with Gasteiger partial charge < -0.3 is 15.4 Å². The Hall–Kier alpha value is -2.82. The van der Waals surface area contributed by atoms with Crippen LogP contribution in [-0.4, -0.2) is 30.2 Å². The summed E-state index contributed by atoms with van der Waals surface area (Å²) in [5, 5.41) is 5.62. The van der Waals surface area contributed by atoms with Crippen LogP contribution in [0.25, 0.3) is 0 Å². The minimum Gasteiger partial charge on any atom is -0.444 e. The van der Waals surface area contributed by atoms with Crippen molar-refractivity contribution in [2.45, 2.75) is 43.7 Å². The number of likely N-dealkylation sites (N-methyl/N-ethyl adjacent to an activating group) is 1. The van der Waals surface area contributed by atoms with E-state index in [0.29, 0.717) is 0 Å². The van der Waals surface area contributed by atoms with Crippen LogP contribution in [-0.2, 0) is 9.53 Å². The molecule has 2 aromatic carbocycles. The smallest absolute Gasteiger partial charge is 0.408 e. The second-order valence-electron chi connectivity index (χ2n) is 7.85. The second kappa shape index (κ2) is 7.06. The van der Waals surface area contributed by atoms with Crippen molar-refractivity contribution < 1.29 is 14.3 Å². The summed E-state index contributed by atoms with van der Waals surface area (Å²) in [7, 11) is 1.59. The summed E-state index contributed by atoms with van der Waals surface area (Å²) in [6, 6.07) is 19.6. The summed E-state index contributed by atoms with van der Waals surface area (Å²) in [5.41, 5.74) is 0.282. The molecule has 2 aromatic rings. The average Bonchev–Trinajstić information content (AvgIpc) is 3.30. The number of alkyl carbamates (subject to hydrolysis) is 1. The number of hydrogen-bond acceptors (Lipinski definition) is 3. The van der Waals surface area contributed by atoms with Gasteiger partial charge in [-0.3, -0.25) is 4.79 Å². The number of carbonyl (C=O) groups excluding carboxylic acids is 2. The lowest BCUT2D eigenvalue weighted by Crippen LogP contribution is -2.51. The van der Waals surface area contributed by atoms with Crippen LogP contribution in [0.15, 0.2) is 60.7 Å². The Balaban J connectivity index is 2.03. The van der Waals surface area contributed by atoms with E-state index in [1.54, 1.807) is 27.8 Å². The third-order valence-electron chi connectivity index (χ3n) is 4.83. The Labute approximate surface area is 160 Å². The largest absolute Gasteiger partial charge is 0.444 e. The zero-order valence-electron chi connectivity index (χ0n) is 16.2. The number of ether oxygens (including phenoxy) is 1. The molecular formula is C22H26N2O3. The van der Waals surface area contributed by atoms with E-state index < -0.39 is 17.2 Å². The maximum absolute atomic E-state index is 13.0. The highest BCUT2D eigenvalue weighted by molar-refractivity contribution is 5.97. The molecule has 2 N–H and O–H groups in total. The number of nitrogens with one attached hydrogen (secondary N) is 2. The molecule has 0 heterocycles. The van der Waals surface area contributed by atoms with E-state index in [2.05, 4.69) is 10.6 Å². The Bertz CT molecular complexity index is 767. The molecule has 3 rings (SSSR count). The second-order valence-corrected chi connectivity index (χ2v) is 7.85. The monoisotopic (exact) mass is 366 g/mol. The molecule has 1 aliphatic rings. The molecule has 5 nitrogen and oxygen atoms in total. The zero-order valence-corrected chi connectivity index (χ0v) is 16.2. The van der Waals surface area contributed by atoms with Crippen molar-refractivity contribution in [2.75, 3.05) is 7.05 Å². The molecule has 2 amide bonds. The van der Waals surface area contributed by atoms with Crippen molar-refractivity contribution in [1.82, 2.24) is 10.6 Å². The van der Waals surface area contributed by atoms with Gasteiger partial charge in [0.2, 0.25) is 5.91 Å². The van der Waals surface area contributed by atoms with Gasteiger partial charge in [-0.1, -0.05) is 60.7 Å². The van der Waals surface area contributed by atoms with Crippen molar-refractivity contribution in [2.24, 2.45) is 0 Å². The molecule has 5 heteroatoms. The van der Waals surface area contributed by atoms with Crippen LogP contribution >= 0.6 is 0 Å². The third kappa shape index (κ3) is 3.68. The zero-order chi connectivity index (χ0) is 19.7. The molecule has 142 valence electrons. The van der Waals surface area contributed by atoms with Crippen LogP contribution in [0.1, 0.15) is 43.7 Å². The van der Waals surface area contributed by atoms with Gasteiger partial charge in [0.15, 0.2) is 0 Å². The fourth-order valence-corrected chi connectivity index (χ4v) is 3.79. The molecule has 0 aromatic heterocycles. The van der Waals surface area contributed by atoms with Gasteiger partial charge in [0.05, 0.1) is 0 Å². The van der Waals surface area contributed by atoms with Gasteiger partial charge >= 0.3 is 6.09 Å². The van der Waals surface area contributed by atoms with Crippen molar-refractivity contribution in [3.63, 3.8) is 0 Å². The molecule has 2 atom stereocenters. The van der Waals surface area contributed by atoms with Gasteiger partial charge in [-0.25, -0.2) is 4.79 Å². The van der Waals surface area contributed by atoms with Crippen molar-refractivity contribution >= 4 is 12.0 Å². The lowest BCUT2D eigenvalue weighted by Gasteiger charge is -2.24. The predicted molar refractivity (Wildman–Crippen MR) is 105 cm³/mol. The molecular weight excluding hydrogens is 340 g/mol. The van der Waals surface area contributed by atoms with Crippen LogP contribution in [0.4, 0.5) is 4.79 Å². The maximum Gasteiger partial charge on any atom is 0.408 e. The summed E-state index contributed by atoms with van der Waals surface area (Å²) in [6.07, 6.45) is -0.592. The highest BCUT2D eigenvalue weighted by Gasteiger charge is 2.71. The number of benzene rings is 2. The van der Waals surface area contributed by atoms with Gasteiger partial charge in [0, 0.05) is 18.9 Å². The van der Waals surface area contributed by atoms with Crippen LogP contribution in [0, 0.1) is 0 Å². The first kappa shape index (κ1) is 19.0. The van der Waals surface area contributed by atoms with E-state index in [4.69, 9.17) is 4.74 Å². The third-order valence-corrected chi connectivity index (χ3v) is 4.83. The van der Waals surface area contributed by atoms with E-state index in [-0.39, 0.29) is 17.7 Å². The molecule has 1 saturated carbocycles. The van der Waals surface area contributed by atoms with Gasteiger partial charge in [0.25, 0.3) is 0 Å². The molecule has 0 bridgehead atoms. The lowest BCUT2D eigenvalue weighted by atomic mass is 10.0. The van der Waals surface area contributed by atoms with Crippen molar-refractivity contribution in [3.8, 4) is 0 Å². The molecule has 1 fully saturated rings. The highest BCUT2D eigenvalue weighted by atomic mass is 16.6. The summed E-state index contributed by atoms with van der Waals surface area (Å²) in [5.74, 6) is -0.571. The van der Waals surface area contributed by atoms with E-state index in [9.17, 15) is 9.59 Å². The molecule has 0 radical (unpaired) electrons. The van der Waals surface area contributed by atoms with E-state index in [0.717, 1.165) is 11.1 Å². The topological polar surface area (TPSA) is 67.4 Å². The number of rotatable bonds is 4. The molecule has 27 heavy (non-hydrogen) atoms. The normalized spacial score (nSPS) is 24.0. The van der Waals surface area contributed by atoms with Gasteiger partial charge in [-0.05, 0) is 31.9 Å². The standard InChI is InChI=1S/C22H26N2O3/c1-21(2,3)27-20(26)24-22(19(25)23-4)17(15-11-7-5-8-12-15)18(22)16-13-9-6-10-14-16/h5-14,17-18H,1-4H3,(H,23,25)(H,24,26)/t17-,18-/m1/s1. The Morgan fingerprint density at radius 3 is 1.70 bits per heavy atom. The van der Waals surface area contributed by atoms with Crippen molar-refractivity contribution in [3.05, 3.63) is 71.8 Å². The quantitative estimate of drug-likeness (QED) is 0.869. The lowest BCUT2D eigenvalue weighted by molar-refractivity contribution is -0.124. The Morgan fingerprint density at radius 1 is 0.889 bits per heavy atom. The number of carbonyl (C=O) groups is 2. The minimum absolute atomic E-state index is 0.173. The van der Waals surface area contributed by atoms with Crippen molar-refractivity contribution in [1.29, 1.82) is 0 Å². The van der Waals surface area contributed by atoms with Gasteiger partial charge in [0.1, 0.15) is 11.1 Å². The first-order chi connectivity index (χ1) is 12.8. The van der Waals surface area contributed by atoms with Gasteiger partial charge in [-0.15, -0.1) is 0 Å². The number of amides is 2. The summed E-state index contributed by atoms with van der Waals surface area (Å²) in [4.78, 5) is 25.6. The molecule has 0 aliphatic heterocycles. The van der Waals surface area contributed by atoms with Gasteiger partial charge in [-0.2, -0.15) is 0 Å². The Kier molecular flexibility index (Phi) is 4.96. The van der Waals surface area contributed by atoms with Crippen LogP contribution in [0.5, 0.6) is 0 Å². The molecule has 0 unspecified atom stereocenters. The fraction of sp³-hybridized carbons (Fsp3) is 0.364. The number of hydrogen-bond donors (Lipinski definition) is 2. The van der Waals surface area contributed by atoms with E-state index >= 15 is 0 Å². The highest BCUT2D eigenvalue weighted by Crippen LogP contribution is 2.63.